The van der Waals surface area contributed by atoms with Crippen LogP contribution in [0.4, 0.5) is 16.5 Å². The molecule has 1 atom stereocenters. The van der Waals surface area contributed by atoms with Gasteiger partial charge in [0.25, 0.3) is 11.8 Å². The Hall–Kier alpha value is -6.12. The summed E-state index contributed by atoms with van der Waals surface area (Å²) in [4.78, 5) is 69.3. The second-order valence-corrected chi connectivity index (χ2v) is 16.7. The number of carbonyl (C=O) groups is 4. The van der Waals surface area contributed by atoms with Gasteiger partial charge in [-0.05, 0) is 62.8 Å². The molecule has 3 fully saturated rings. The van der Waals surface area contributed by atoms with E-state index in [1.807, 2.05) is 44.2 Å². The van der Waals surface area contributed by atoms with Gasteiger partial charge in [-0.3, -0.25) is 29.4 Å². The van der Waals surface area contributed by atoms with Crippen LogP contribution >= 0.6 is 11.3 Å². The zero-order valence-electron chi connectivity index (χ0n) is 32.3. The number of nitriles is 1. The lowest BCUT2D eigenvalue weighted by Crippen LogP contribution is -2.52. The number of anilines is 3. The van der Waals surface area contributed by atoms with E-state index in [0.717, 1.165) is 85.3 Å². The van der Waals surface area contributed by atoms with Crippen LogP contribution in [0.15, 0.2) is 48.9 Å². The average Bonchev–Trinajstić information content (AvgIpc) is 3.92. The summed E-state index contributed by atoms with van der Waals surface area (Å²) in [6.45, 7) is 10.7. The first-order valence-electron chi connectivity index (χ1n) is 19.8. The Balaban J connectivity index is 0.796. The number of rotatable bonds is 9. The number of ether oxygens (including phenoxy) is 1. The Labute approximate surface area is 338 Å². The molecule has 1 unspecified atom stereocenters. The molecule has 2 aromatic carbocycles. The highest BCUT2D eigenvalue weighted by atomic mass is 32.1. The van der Waals surface area contributed by atoms with Gasteiger partial charge in [0.15, 0.2) is 10.8 Å². The van der Waals surface area contributed by atoms with Crippen LogP contribution < -0.4 is 25.2 Å². The third-order valence-corrected chi connectivity index (χ3v) is 12.5. The second-order valence-electron chi connectivity index (χ2n) is 15.7. The van der Waals surface area contributed by atoms with Gasteiger partial charge in [-0.2, -0.15) is 10.4 Å². The van der Waals surface area contributed by atoms with Crippen LogP contribution in [-0.4, -0.2) is 111 Å². The number of nitrogens with one attached hydrogen (secondary N) is 2. The number of benzene rings is 2. The molecule has 0 spiro atoms. The molecule has 0 aliphatic carbocycles. The zero-order chi connectivity index (χ0) is 40.1. The maximum absolute atomic E-state index is 13.7. The first kappa shape index (κ1) is 37.5. The monoisotopic (exact) mass is 801 g/mol. The highest BCUT2D eigenvalue weighted by Gasteiger charge is 2.39. The summed E-state index contributed by atoms with van der Waals surface area (Å²) in [5.74, 6) is -0.133. The molecule has 3 saturated heterocycles. The van der Waals surface area contributed by atoms with Gasteiger partial charge in [-0.25, -0.2) is 14.5 Å². The predicted octanol–water partition coefficient (Wildman–Crippen LogP) is 4.05. The van der Waals surface area contributed by atoms with Gasteiger partial charge in [-0.15, -0.1) is 0 Å². The highest BCUT2D eigenvalue weighted by molar-refractivity contribution is 7.22. The van der Waals surface area contributed by atoms with Crippen molar-refractivity contribution in [2.75, 3.05) is 60.9 Å². The number of fused-ring (bicyclic) bond motifs is 3. The summed E-state index contributed by atoms with van der Waals surface area (Å²) in [5, 5.41) is 19.7. The number of carbonyl (C=O) groups excluding carboxylic acids is 4. The largest absolute Gasteiger partial charge is 0.490 e. The minimum atomic E-state index is -0.608. The van der Waals surface area contributed by atoms with Crippen molar-refractivity contribution in [1.29, 1.82) is 5.26 Å². The number of aromatic nitrogens is 4. The Morgan fingerprint density at radius 3 is 2.60 bits per heavy atom. The third kappa shape index (κ3) is 7.29. The van der Waals surface area contributed by atoms with Crippen LogP contribution in [0.2, 0.25) is 0 Å². The summed E-state index contributed by atoms with van der Waals surface area (Å²) >= 11 is 1.57. The molecule has 9 rings (SSSR count). The van der Waals surface area contributed by atoms with Gasteiger partial charge >= 0.3 is 0 Å². The molecule has 58 heavy (non-hydrogen) atoms. The molecule has 2 N–H and O–H groups in total. The number of amides is 4. The fourth-order valence-corrected chi connectivity index (χ4v) is 9.46. The number of nitrogens with zero attached hydrogens (tertiary/aromatic N) is 9. The number of piperazine rings is 1. The molecule has 4 aliphatic rings. The van der Waals surface area contributed by atoms with Crippen LogP contribution in [0.1, 0.15) is 71.4 Å². The predicted molar refractivity (Wildman–Crippen MR) is 217 cm³/mol. The van der Waals surface area contributed by atoms with Crippen molar-refractivity contribution in [3.05, 3.63) is 71.2 Å². The van der Waals surface area contributed by atoms with Gasteiger partial charge in [-0.1, -0.05) is 17.4 Å². The summed E-state index contributed by atoms with van der Waals surface area (Å²) < 4.78 is 8.46. The Kier molecular flexibility index (Phi) is 9.90. The molecule has 3 aromatic heterocycles. The second kappa shape index (κ2) is 15.3. The summed E-state index contributed by atoms with van der Waals surface area (Å²) in [7, 11) is 0. The number of thiazole rings is 1. The van der Waals surface area contributed by atoms with Gasteiger partial charge in [0.2, 0.25) is 11.8 Å². The number of hydrogen-bond acceptors (Lipinski definition) is 13. The van der Waals surface area contributed by atoms with Crippen LogP contribution in [0.25, 0.3) is 15.9 Å². The van der Waals surface area contributed by atoms with Crippen LogP contribution in [0, 0.1) is 17.2 Å². The first-order chi connectivity index (χ1) is 28.1. The minimum absolute atomic E-state index is 0.139. The minimum Gasteiger partial charge on any atom is -0.490 e. The van der Waals surface area contributed by atoms with Crippen LogP contribution in [0.3, 0.4) is 0 Å². The number of hydrogen-bond donors (Lipinski definition) is 2. The van der Waals surface area contributed by atoms with E-state index < -0.39 is 6.04 Å². The first-order valence-corrected chi connectivity index (χ1v) is 20.6. The lowest BCUT2D eigenvalue weighted by molar-refractivity contribution is -0.136. The maximum Gasteiger partial charge on any atom is 0.259 e. The van der Waals surface area contributed by atoms with E-state index in [0.29, 0.717) is 52.7 Å². The SMILES string of the molecule is CC(C)Oc1cc2nc(N3CCN(CC4CCN(c5ccc6c(c5)C(=O)N(C5CCC(=O)NC5=O)C6)CC4)CC3)sc2cc1C(=O)Nc1cnn2cc(C#N)cnc12. The molecule has 4 amide bonds. The lowest BCUT2D eigenvalue weighted by atomic mass is 9.95. The molecule has 16 nitrogen and oxygen atoms in total. The van der Waals surface area contributed by atoms with Crippen molar-refractivity contribution in [2.24, 2.45) is 5.92 Å². The van der Waals surface area contributed by atoms with E-state index in [-0.39, 0.29) is 36.2 Å². The normalized spacial score (nSPS) is 19.2. The molecular weight excluding hydrogens is 759 g/mol. The number of piperidine rings is 2. The number of imide groups is 1. The van der Waals surface area contributed by atoms with Gasteiger partial charge in [0.1, 0.15) is 23.5 Å². The smallest absolute Gasteiger partial charge is 0.259 e. The van der Waals surface area contributed by atoms with Gasteiger partial charge in [0.05, 0.1) is 39.8 Å². The molecule has 0 saturated carbocycles. The van der Waals surface area contributed by atoms with E-state index in [2.05, 4.69) is 41.5 Å². The molecule has 0 bridgehead atoms. The van der Waals surface area contributed by atoms with E-state index in [1.54, 1.807) is 22.4 Å². The van der Waals surface area contributed by atoms with Gasteiger partial charge < -0.3 is 24.8 Å². The highest BCUT2D eigenvalue weighted by Crippen LogP contribution is 2.36. The molecule has 7 heterocycles. The molecule has 5 aromatic rings. The molecule has 0 radical (unpaired) electrons. The Bertz CT molecular complexity index is 2490. The van der Waals surface area contributed by atoms with Crippen molar-refractivity contribution < 1.29 is 23.9 Å². The molecule has 17 heteroatoms. The van der Waals surface area contributed by atoms with E-state index >= 15 is 0 Å². The molecule has 298 valence electrons. The van der Waals surface area contributed by atoms with Crippen molar-refractivity contribution in [1.82, 2.24) is 34.7 Å². The lowest BCUT2D eigenvalue weighted by Gasteiger charge is -2.39. The zero-order valence-corrected chi connectivity index (χ0v) is 33.1. The molecular formula is C41H43N11O5S. The maximum atomic E-state index is 13.7. The Morgan fingerprint density at radius 1 is 1.03 bits per heavy atom. The van der Waals surface area contributed by atoms with Crippen molar-refractivity contribution in [2.45, 2.75) is 58.2 Å². The van der Waals surface area contributed by atoms with Crippen LogP contribution in [-0.2, 0) is 16.1 Å². The molecule has 4 aliphatic heterocycles. The van der Waals surface area contributed by atoms with Gasteiger partial charge in [0, 0.05) is 82.3 Å². The summed E-state index contributed by atoms with van der Waals surface area (Å²) in [6.07, 6.45) is 7.10. The van der Waals surface area contributed by atoms with Crippen molar-refractivity contribution >= 4 is 67.3 Å². The average molecular weight is 802 g/mol. The third-order valence-electron chi connectivity index (χ3n) is 11.5. The summed E-state index contributed by atoms with van der Waals surface area (Å²) in [5.41, 5.74) is 5.01. The van der Waals surface area contributed by atoms with Crippen molar-refractivity contribution in [3.63, 3.8) is 0 Å². The van der Waals surface area contributed by atoms with Crippen molar-refractivity contribution in [3.8, 4) is 11.8 Å². The fourth-order valence-electron chi connectivity index (χ4n) is 8.42. The standard InChI is InChI=1S/C41H43N11O5S/c1-24(2)57-34-17-31-35(16-30(34)38(54)45-32-20-44-52-22-26(18-42)19-43-37(32)52)58-41(46-31)50-13-11-48(12-14-50)21-25-7-9-49(10-8-25)28-4-3-27-23-51(40(56)29(27)15-28)33-5-6-36(53)47-39(33)55/h3-4,15-17,19-20,22,24-25,33H,5-14,21,23H2,1-2H3,(H,45,54)(H,47,53,55). The quantitative estimate of drug-likeness (QED) is 0.205. The van der Waals surface area contributed by atoms with E-state index in [1.165, 1.54) is 16.9 Å². The van der Waals surface area contributed by atoms with Crippen LogP contribution in [0.5, 0.6) is 5.75 Å². The Morgan fingerprint density at radius 2 is 1.84 bits per heavy atom. The van der Waals surface area contributed by atoms with E-state index in [4.69, 9.17) is 9.72 Å². The fraction of sp³-hybridized carbons (Fsp3) is 0.415. The van der Waals surface area contributed by atoms with E-state index in [9.17, 15) is 24.4 Å². The topological polar surface area (TPSA) is 181 Å². The summed E-state index contributed by atoms with van der Waals surface area (Å²) in [6, 6.07) is 11.2.